The lowest BCUT2D eigenvalue weighted by Gasteiger charge is -1.95. The molecule has 1 saturated heterocycles. The van der Waals surface area contributed by atoms with Crippen molar-refractivity contribution < 1.29 is 13.9 Å². The number of H-pyrrole nitrogens is 1. The molecule has 5 heteroatoms. The molecule has 3 rings (SSSR count). The van der Waals surface area contributed by atoms with Crippen molar-refractivity contribution in [1.29, 1.82) is 0 Å². The van der Waals surface area contributed by atoms with Crippen LogP contribution in [0.1, 0.15) is 10.4 Å². The van der Waals surface area contributed by atoms with Gasteiger partial charge in [0, 0.05) is 5.56 Å². The monoisotopic (exact) mass is 205 g/mol. The maximum absolute atomic E-state index is 11.6. The van der Waals surface area contributed by atoms with Gasteiger partial charge in [-0.05, 0) is 18.2 Å². The highest BCUT2D eigenvalue weighted by Crippen LogP contribution is 2.19. The predicted octanol–water partition coefficient (Wildman–Crippen LogP) is 0.703. The van der Waals surface area contributed by atoms with Crippen LogP contribution in [0.3, 0.4) is 0 Å². The number of carbonyl (C=O) groups is 1. The number of oxazole rings is 1. The van der Waals surface area contributed by atoms with Crippen molar-refractivity contribution in [1.82, 2.24) is 4.98 Å². The van der Waals surface area contributed by atoms with Crippen LogP contribution in [0, 0.1) is 0 Å². The van der Waals surface area contributed by atoms with Gasteiger partial charge in [-0.3, -0.25) is 9.78 Å². The fraction of sp³-hybridized carbons (Fsp3) is 0.200. The van der Waals surface area contributed by atoms with E-state index in [4.69, 9.17) is 9.15 Å². The van der Waals surface area contributed by atoms with Gasteiger partial charge in [0.25, 0.3) is 0 Å². The number of hydrogen-bond acceptors (Lipinski definition) is 4. The number of aromatic amines is 1. The van der Waals surface area contributed by atoms with Crippen molar-refractivity contribution in [2.75, 3.05) is 6.61 Å². The third-order valence-corrected chi connectivity index (χ3v) is 2.33. The molecule has 0 radical (unpaired) electrons. The summed E-state index contributed by atoms with van der Waals surface area (Å²) in [5.74, 6) is -0.573. The summed E-state index contributed by atoms with van der Waals surface area (Å²) in [6.07, 6.45) is -0.305. The molecule has 0 bridgehead atoms. The number of aromatic nitrogens is 1. The number of nitrogens with one attached hydrogen (secondary N) is 1. The summed E-state index contributed by atoms with van der Waals surface area (Å²) in [4.78, 5) is 25.0. The first-order valence-corrected chi connectivity index (χ1v) is 4.53. The SMILES string of the molecule is O=C(c1ccc2oc(=O)[nH]c2c1)C1CO1. The smallest absolute Gasteiger partial charge is 0.408 e. The number of hydrogen-bond donors (Lipinski definition) is 1. The second-order valence-electron chi connectivity index (χ2n) is 3.41. The minimum Gasteiger partial charge on any atom is -0.408 e. The van der Waals surface area contributed by atoms with E-state index in [9.17, 15) is 9.59 Å². The Bertz CT molecular complexity index is 591. The van der Waals surface area contributed by atoms with Crippen LogP contribution < -0.4 is 5.76 Å². The average molecular weight is 205 g/mol. The first kappa shape index (κ1) is 8.43. The molecule has 15 heavy (non-hydrogen) atoms. The molecule has 2 aromatic rings. The van der Waals surface area contributed by atoms with Crippen molar-refractivity contribution in [2.24, 2.45) is 0 Å². The molecule has 1 aromatic heterocycles. The van der Waals surface area contributed by atoms with Gasteiger partial charge in [-0.1, -0.05) is 0 Å². The molecule has 1 unspecified atom stereocenters. The van der Waals surface area contributed by atoms with Gasteiger partial charge in [0.15, 0.2) is 11.4 Å². The highest BCUT2D eigenvalue weighted by atomic mass is 16.6. The quantitative estimate of drug-likeness (QED) is 0.578. The van der Waals surface area contributed by atoms with E-state index in [1.807, 2.05) is 0 Å². The van der Waals surface area contributed by atoms with E-state index in [1.54, 1.807) is 18.2 Å². The number of carbonyl (C=O) groups excluding carboxylic acids is 1. The number of benzene rings is 1. The molecular weight excluding hydrogens is 198 g/mol. The Labute approximate surface area is 83.7 Å². The van der Waals surface area contributed by atoms with E-state index in [0.29, 0.717) is 23.3 Å². The van der Waals surface area contributed by atoms with Crippen LogP contribution in [0.25, 0.3) is 11.1 Å². The number of ether oxygens (including phenoxy) is 1. The second-order valence-corrected chi connectivity index (χ2v) is 3.41. The lowest BCUT2D eigenvalue weighted by molar-refractivity contribution is 0.0954. The average Bonchev–Trinajstić information content (AvgIpc) is 2.98. The Balaban J connectivity index is 2.12. The molecular formula is C10H7NO4. The van der Waals surface area contributed by atoms with Crippen LogP contribution >= 0.6 is 0 Å². The van der Waals surface area contributed by atoms with E-state index >= 15 is 0 Å². The van der Waals surface area contributed by atoms with Crippen LogP contribution in [0.4, 0.5) is 0 Å². The molecule has 1 atom stereocenters. The van der Waals surface area contributed by atoms with E-state index in [-0.39, 0.29) is 11.9 Å². The van der Waals surface area contributed by atoms with Crippen molar-refractivity contribution in [2.45, 2.75) is 6.10 Å². The highest BCUT2D eigenvalue weighted by Gasteiger charge is 2.32. The summed E-state index contributed by atoms with van der Waals surface area (Å²) < 4.78 is 9.72. The Kier molecular flexibility index (Phi) is 1.58. The van der Waals surface area contributed by atoms with Gasteiger partial charge < -0.3 is 9.15 Å². The van der Waals surface area contributed by atoms with Crippen LogP contribution in [0.5, 0.6) is 0 Å². The summed E-state index contributed by atoms with van der Waals surface area (Å²) in [6.45, 7) is 0.485. The number of epoxide rings is 1. The van der Waals surface area contributed by atoms with E-state index in [1.165, 1.54) is 0 Å². The Hall–Kier alpha value is -1.88. The summed E-state index contributed by atoms with van der Waals surface area (Å²) in [5, 5.41) is 0. The highest BCUT2D eigenvalue weighted by molar-refractivity contribution is 6.02. The van der Waals surface area contributed by atoms with Crippen LogP contribution in [0.2, 0.25) is 0 Å². The Morgan fingerprint density at radius 3 is 3.00 bits per heavy atom. The van der Waals surface area contributed by atoms with Gasteiger partial charge in [0.2, 0.25) is 0 Å². The molecule has 1 aliphatic rings. The number of Topliss-reactive ketones (excluding diaryl/α,β-unsaturated/α-hetero) is 1. The first-order valence-electron chi connectivity index (χ1n) is 4.53. The molecule has 0 saturated carbocycles. The zero-order valence-corrected chi connectivity index (χ0v) is 7.65. The third-order valence-electron chi connectivity index (χ3n) is 2.33. The molecule has 1 fully saturated rings. The minimum atomic E-state index is -0.516. The maximum Gasteiger partial charge on any atom is 0.417 e. The lowest BCUT2D eigenvalue weighted by atomic mass is 10.1. The van der Waals surface area contributed by atoms with E-state index in [0.717, 1.165) is 0 Å². The van der Waals surface area contributed by atoms with Crippen molar-refractivity contribution in [3.05, 3.63) is 34.3 Å². The second kappa shape index (κ2) is 2.80. The van der Waals surface area contributed by atoms with E-state index < -0.39 is 5.76 Å². The zero-order valence-electron chi connectivity index (χ0n) is 7.65. The standard InChI is InChI=1S/C10H7NO4/c12-9(8-4-14-8)5-1-2-7-6(3-5)11-10(13)15-7/h1-3,8H,4H2,(H,11,13). The first-order chi connectivity index (χ1) is 7.24. The fourth-order valence-electron chi connectivity index (χ4n) is 1.49. The summed E-state index contributed by atoms with van der Waals surface area (Å²) in [7, 11) is 0. The van der Waals surface area contributed by atoms with Crippen molar-refractivity contribution in [3.63, 3.8) is 0 Å². The van der Waals surface area contributed by atoms with Gasteiger partial charge >= 0.3 is 5.76 Å². The number of fused-ring (bicyclic) bond motifs is 1. The van der Waals surface area contributed by atoms with Gasteiger partial charge in [-0.15, -0.1) is 0 Å². The molecule has 76 valence electrons. The number of ketones is 1. The Morgan fingerprint density at radius 1 is 1.47 bits per heavy atom. The largest absolute Gasteiger partial charge is 0.417 e. The topological polar surface area (TPSA) is 75.6 Å². The summed E-state index contributed by atoms with van der Waals surface area (Å²) in [6, 6.07) is 4.83. The molecule has 5 nitrogen and oxygen atoms in total. The van der Waals surface area contributed by atoms with Crippen LogP contribution in [0.15, 0.2) is 27.4 Å². The van der Waals surface area contributed by atoms with Crippen molar-refractivity contribution >= 4 is 16.9 Å². The zero-order chi connectivity index (χ0) is 10.4. The predicted molar refractivity (Wildman–Crippen MR) is 50.9 cm³/mol. The molecule has 0 spiro atoms. The molecule has 0 amide bonds. The van der Waals surface area contributed by atoms with Crippen molar-refractivity contribution in [3.8, 4) is 0 Å². The molecule has 2 heterocycles. The van der Waals surface area contributed by atoms with Gasteiger partial charge in [0.05, 0.1) is 12.1 Å². The fourth-order valence-corrected chi connectivity index (χ4v) is 1.49. The number of rotatable bonds is 2. The lowest BCUT2D eigenvalue weighted by Crippen LogP contribution is -2.06. The Morgan fingerprint density at radius 2 is 2.27 bits per heavy atom. The van der Waals surface area contributed by atoms with Gasteiger partial charge in [-0.25, -0.2) is 4.79 Å². The minimum absolute atomic E-state index is 0.0565. The van der Waals surface area contributed by atoms with E-state index in [2.05, 4.69) is 4.98 Å². The summed E-state index contributed by atoms with van der Waals surface area (Å²) >= 11 is 0. The molecule has 0 aliphatic carbocycles. The third kappa shape index (κ3) is 1.37. The van der Waals surface area contributed by atoms with Gasteiger partial charge in [0.1, 0.15) is 6.10 Å². The molecule has 1 N–H and O–H groups in total. The molecule has 1 aromatic carbocycles. The normalized spacial score (nSPS) is 19.3. The van der Waals surface area contributed by atoms with Gasteiger partial charge in [-0.2, -0.15) is 0 Å². The van der Waals surface area contributed by atoms with Crippen LogP contribution in [-0.2, 0) is 4.74 Å². The maximum atomic E-state index is 11.6. The summed E-state index contributed by atoms with van der Waals surface area (Å²) in [5.41, 5.74) is 1.52. The molecule has 1 aliphatic heterocycles. The van der Waals surface area contributed by atoms with Crippen LogP contribution in [-0.4, -0.2) is 23.5 Å².